The van der Waals surface area contributed by atoms with Crippen LogP contribution in [0.25, 0.3) is 0 Å². The summed E-state index contributed by atoms with van der Waals surface area (Å²) in [4.78, 5) is 12.0. The van der Waals surface area contributed by atoms with Crippen LogP contribution >= 0.6 is 0 Å². The zero-order valence-electron chi connectivity index (χ0n) is 15.0. The van der Waals surface area contributed by atoms with E-state index in [1.807, 2.05) is 19.9 Å². The average molecular weight is 334 g/mol. The van der Waals surface area contributed by atoms with Gasteiger partial charge in [-0.25, -0.2) is 0 Å². The Morgan fingerprint density at radius 2 is 1.92 bits per heavy atom. The lowest BCUT2D eigenvalue weighted by atomic mass is 9.44. The van der Waals surface area contributed by atoms with Crippen molar-refractivity contribution in [1.82, 2.24) is 0 Å². The Hall–Kier alpha value is -1.13. The highest BCUT2D eigenvalue weighted by Crippen LogP contribution is 2.64. The van der Waals surface area contributed by atoms with Gasteiger partial charge in [-0.2, -0.15) is 0 Å². The Kier molecular flexibility index (Phi) is 4.00. The number of aliphatic carboxylic acids is 1. The number of hydrogen-bond acceptors (Lipinski definition) is 3. The average Bonchev–Trinajstić information content (AvgIpc) is 2.52. The number of aliphatic hydroxyl groups is 2. The van der Waals surface area contributed by atoms with Crippen molar-refractivity contribution in [2.24, 2.45) is 28.1 Å². The number of rotatable bonds is 2. The minimum atomic E-state index is -0.802. The van der Waals surface area contributed by atoms with Crippen molar-refractivity contribution in [3.63, 3.8) is 0 Å². The molecule has 3 N–H and O–H groups in total. The normalized spacial score (nSPS) is 51.1. The molecule has 0 aliphatic heterocycles. The van der Waals surface area contributed by atoms with Crippen LogP contribution in [0.1, 0.15) is 52.9 Å². The lowest BCUT2D eigenvalue weighted by Gasteiger charge is -2.60. The maximum atomic E-state index is 12.0. The van der Waals surface area contributed by atoms with Gasteiger partial charge in [-0.3, -0.25) is 4.79 Å². The molecular formula is C20H30O4. The molecule has 3 rings (SSSR count). The molecule has 0 unspecified atom stereocenters. The topological polar surface area (TPSA) is 77.8 Å². The number of carboxylic acids is 1. The fourth-order valence-corrected chi connectivity index (χ4v) is 5.82. The molecule has 2 fully saturated rings. The second kappa shape index (κ2) is 5.43. The van der Waals surface area contributed by atoms with Crippen LogP contribution in [-0.4, -0.2) is 33.5 Å². The summed E-state index contributed by atoms with van der Waals surface area (Å²) in [6.07, 6.45) is 6.12. The molecule has 0 saturated heterocycles. The Morgan fingerprint density at radius 1 is 1.25 bits per heavy atom. The fraction of sp³-hybridized carbons (Fsp3) is 0.750. The largest absolute Gasteiger partial charge is 0.481 e. The van der Waals surface area contributed by atoms with E-state index in [-0.39, 0.29) is 17.3 Å². The van der Waals surface area contributed by atoms with E-state index in [2.05, 4.69) is 13.5 Å². The van der Waals surface area contributed by atoms with E-state index in [9.17, 15) is 20.1 Å². The Balaban J connectivity index is 2.08. The van der Waals surface area contributed by atoms with Gasteiger partial charge >= 0.3 is 5.97 Å². The van der Waals surface area contributed by atoms with Gasteiger partial charge in [0.1, 0.15) is 0 Å². The standard InChI is InChI=1S/C20H30O4/c1-5-18(2)11-12-13(9-16(18)22)19(3)7-6-8-20(4,17(23)24)15(19)10-14(12)21/h5,11,13-16,21-22H,1,6-10H2,2-4H3,(H,23,24)/t13-,14+,15+,16+,18+,19+,20+/m0/s1. The number of aliphatic hydroxyl groups excluding tert-OH is 2. The van der Waals surface area contributed by atoms with Gasteiger partial charge in [-0.05, 0) is 55.4 Å². The monoisotopic (exact) mass is 334 g/mol. The quantitative estimate of drug-likeness (QED) is 0.678. The van der Waals surface area contributed by atoms with Crippen molar-refractivity contribution in [2.45, 2.75) is 65.1 Å². The van der Waals surface area contributed by atoms with Crippen molar-refractivity contribution < 1.29 is 20.1 Å². The van der Waals surface area contributed by atoms with Crippen LogP contribution in [0.15, 0.2) is 24.3 Å². The van der Waals surface area contributed by atoms with Crippen molar-refractivity contribution in [1.29, 1.82) is 0 Å². The molecule has 0 aromatic carbocycles. The molecular weight excluding hydrogens is 304 g/mol. The van der Waals surface area contributed by atoms with Gasteiger partial charge in [0.05, 0.1) is 17.6 Å². The number of hydrogen-bond donors (Lipinski definition) is 3. The maximum Gasteiger partial charge on any atom is 0.309 e. The molecule has 24 heavy (non-hydrogen) atoms. The summed E-state index contributed by atoms with van der Waals surface area (Å²) in [5.74, 6) is -0.799. The van der Waals surface area contributed by atoms with Crippen LogP contribution in [0.2, 0.25) is 0 Å². The zero-order chi connectivity index (χ0) is 17.9. The van der Waals surface area contributed by atoms with E-state index >= 15 is 0 Å². The molecule has 7 atom stereocenters. The van der Waals surface area contributed by atoms with Crippen molar-refractivity contribution in [3.05, 3.63) is 24.3 Å². The molecule has 0 radical (unpaired) electrons. The van der Waals surface area contributed by atoms with Gasteiger partial charge in [0.15, 0.2) is 0 Å². The van der Waals surface area contributed by atoms with Gasteiger partial charge in [0.2, 0.25) is 0 Å². The van der Waals surface area contributed by atoms with E-state index in [0.29, 0.717) is 19.3 Å². The first-order valence-electron chi connectivity index (χ1n) is 9.04. The summed E-state index contributed by atoms with van der Waals surface area (Å²) in [6.45, 7) is 9.80. The molecule has 0 spiro atoms. The number of carboxylic acid groups (broad SMARTS) is 1. The summed E-state index contributed by atoms with van der Waals surface area (Å²) >= 11 is 0. The molecule has 0 bridgehead atoms. The lowest BCUT2D eigenvalue weighted by molar-refractivity contribution is -0.169. The highest BCUT2D eigenvalue weighted by molar-refractivity contribution is 5.75. The number of carbonyl (C=O) groups is 1. The van der Waals surface area contributed by atoms with Gasteiger partial charge in [0.25, 0.3) is 0 Å². The first-order valence-corrected chi connectivity index (χ1v) is 9.04. The second-order valence-electron chi connectivity index (χ2n) is 8.90. The fourth-order valence-electron chi connectivity index (χ4n) is 5.82. The minimum absolute atomic E-state index is 0.0354. The smallest absolute Gasteiger partial charge is 0.309 e. The van der Waals surface area contributed by atoms with E-state index in [0.717, 1.165) is 18.4 Å². The van der Waals surface area contributed by atoms with Crippen LogP contribution in [0.4, 0.5) is 0 Å². The molecule has 0 aromatic rings. The molecule has 0 aromatic heterocycles. The van der Waals surface area contributed by atoms with Gasteiger partial charge in [-0.15, -0.1) is 6.58 Å². The van der Waals surface area contributed by atoms with Crippen molar-refractivity contribution >= 4 is 5.97 Å². The Labute approximate surface area is 144 Å². The lowest BCUT2D eigenvalue weighted by Crippen LogP contribution is -2.58. The van der Waals surface area contributed by atoms with E-state index < -0.39 is 29.0 Å². The summed E-state index contributed by atoms with van der Waals surface area (Å²) in [5, 5.41) is 31.3. The second-order valence-corrected chi connectivity index (χ2v) is 8.90. The van der Waals surface area contributed by atoms with Gasteiger partial charge in [-0.1, -0.05) is 32.4 Å². The van der Waals surface area contributed by atoms with Gasteiger partial charge < -0.3 is 15.3 Å². The minimum Gasteiger partial charge on any atom is -0.481 e. The van der Waals surface area contributed by atoms with Crippen molar-refractivity contribution in [3.8, 4) is 0 Å². The van der Waals surface area contributed by atoms with Crippen LogP contribution < -0.4 is 0 Å². The summed E-state index contributed by atoms with van der Waals surface area (Å²) in [7, 11) is 0. The molecule has 3 aliphatic carbocycles. The Morgan fingerprint density at radius 3 is 2.50 bits per heavy atom. The highest BCUT2D eigenvalue weighted by atomic mass is 16.4. The van der Waals surface area contributed by atoms with Crippen LogP contribution in [0.5, 0.6) is 0 Å². The molecule has 134 valence electrons. The molecule has 0 heterocycles. The first-order chi connectivity index (χ1) is 11.1. The summed E-state index contributed by atoms with van der Waals surface area (Å²) in [5.41, 5.74) is -0.541. The van der Waals surface area contributed by atoms with Crippen LogP contribution in [0, 0.1) is 28.1 Å². The molecule has 4 nitrogen and oxygen atoms in total. The SMILES string of the molecule is C=C[C@]1(C)C=C2[C@H](O)C[C@@H]3[C@](C)(CCC[C@@]3(C)C(=O)O)[C@H]2C[C@H]1O. The third-order valence-electron chi connectivity index (χ3n) is 7.60. The molecule has 0 amide bonds. The Bertz CT molecular complexity index is 596. The van der Waals surface area contributed by atoms with Crippen LogP contribution in [-0.2, 0) is 4.79 Å². The van der Waals surface area contributed by atoms with E-state index in [4.69, 9.17) is 0 Å². The third-order valence-corrected chi connectivity index (χ3v) is 7.60. The van der Waals surface area contributed by atoms with E-state index in [1.54, 1.807) is 6.08 Å². The predicted molar refractivity (Wildman–Crippen MR) is 92.3 cm³/mol. The number of fused-ring (bicyclic) bond motifs is 3. The van der Waals surface area contributed by atoms with Crippen LogP contribution in [0.3, 0.4) is 0 Å². The molecule has 2 saturated carbocycles. The predicted octanol–water partition coefficient (Wildman–Crippen LogP) is 3.15. The van der Waals surface area contributed by atoms with Gasteiger partial charge in [0, 0.05) is 5.41 Å². The first kappa shape index (κ1) is 17.7. The van der Waals surface area contributed by atoms with Crippen molar-refractivity contribution in [2.75, 3.05) is 0 Å². The van der Waals surface area contributed by atoms with E-state index in [1.165, 1.54) is 0 Å². The third kappa shape index (κ3) is 2.22. The molecule has 4 heteroatoms. The molecule has 3 aliphatic rings. The highest BCUT2D eigenvalue weighted by Gasteiger charge is 2.61. The zero-order valence-corrected chi connectivity index (χ0v) is 15.0. The maximum absolute atomic E-state index is 12.0. The summed E-state index contributed by atoms with van der Waals surface area (Å²) < 4.78 is 0. The summed E-state index contributed by atoms with van der Waals surface area (Å²) in [6, 6.07) is 0.